The number of hydrogen-bond donors (Lipinski definition) is 1. The van der Waals surface area contributed by atoms with E-state index in [1.165, 1.54) is 0 Å². The Morgan fingerprint density at radius 2 is 1.40 bits per heavy atom. The third-order valence-electron chi connectivity index (χ3n) is 1.16. The Balaban J connectivity index is 3.30. The Bertz CT molecular complexity index is 343. The standard InChI is InChI=1S/C5H2Br3Cl3N4/c6-4(7,8)1-13-2(5(9,10)11)15-3(12)14-1/h(H2,12,13,14,15). The zero-order valence-electron chi connectivity index (χ0n) is 6.69. The normalized spacial score (nSPS) is 12.9. The van der Waals surface area contributed by atoms with E-state index in [2.05, 4.69) is 62.7 Å². The van der Waals surface area contributed by atoms with Crippen molar-refractivity contribution < 1.29 is 0 Å². The van der Waals surface area contributed by atoms with Gasteiger partial charge in [0.05, 0.1) is 0 Å². The number of alkyl halides is 6. The van der Waals surface area contributed by atoms with E-state index in [1.807, 2.05) is 0 Å². The molecule has 1 aromatic rings. The highest BCUT2D eigenvalue weighted by Gasteiger charge is 2.32. The van der Waals surface area contributed by atoms with E-state index in [4.69, 9.17) is 40.5 Å². The molecule has 0 bridgehead atoms. The molecule has 4 nitrogen and oxygen atoms in total. The van der Waals surface area contributed by atoms with Gasteiger partial charge in [0, 0.05) is 0 Å². The molecule has 0 aliphatic carbocycles. The lowest BCUT2D eigenvalue weighted by Gasteiger charge is -2.14. The van der Waals surface area contributed by atoms with E-state index in [1.54, 1.807) is 0 Å². The topological polar surface area (TPSA) is 64.7 Å². The Morgan fingerprint density at radius 1 is 0.933 bits per heavy atom. The fraction of sp³-hybridized carbons (Fsp3) is 0.400. The molecule has 0 aliphatic heterocycles. The number of nitrogens with two attached hydrogens (primary N) is 1. The van der Waals surface area contributed by atoms with E-state index in [0.29, 0.717) is 0 Å². The highest BCUT2D eigenvalue weighted by Crippen LogP contribution is 2.44. The first-order valence-corrected chi connectivity index (χ1v) is 6.78. The molecule has 15 heavy (non-hydrogen) atoms. The minimum absolute atomic E-state index is 0.0379. The zero-order chi connectivity index (χ0) is 11.9. The maximum Gasteiger partial charge on any atom is 0.250 e. The highest BCUT2D eigenvalue weighted by molar-refractivity contribution is 9.38. The smallest absolute Gasteiger partial charge is 0.250 e. The van der Waals surface area contributed by atoms with Gasteiger partial charge >= 0.3 is 0 Å². The molecule has 0 aromatic carbocycles. The number of anilines is 1. The second-order valence-corrected chi connectivity index (χ2v) is 11.4. The summed E-state index contributed by atoms with van der Waals surface area (Å²) in [6.45, 7) is 0. The molecule has 0 atom stereocenters. The van der Waals surface area contributed by atoms with Gasteiger partial charge in [-0.3, -0.25) is 0 Å². The molecule has 0 saturated heterocycles. The second-order valence-electron chi connectivity index (χ2n) is 2.34. The van der Waals surface area contributed by atoms with E-state index < -0.39 is 5.94 Å². The van der Waals surface area contributed by atoms with Crippen LogP contribution in [0.1, 0.15) is 11.6 Å². The Morgan fingerprint density at radius 3 is 1.80 bits per heavy atom. The van der Waals surface area contributed by atoms with Crippen molar-refractivity contribution in [1.29, 1.82) is 0 Å². The van der Waals surface area contributed by atoms with Gasteiger partial charge in [-0.2, -0.15) is 9.97 Å². The summed E-state index contributed by atoms with van der Waals surface area (Å²) in [4.78, 5) is 11.5. The molecule has 2 N–H and O–H groups in total. The summed E-state index contributed by atoms with van der Waals surface area (Å²) in [7, 11) is 0. The minimum atomic E-state index is -1.75. The molecule has 1 rings (SSSR count). The first-order chi connectivity index (χ1) is 6.60. The highest BCUT2D eigenvalue weighted by atomic mass is 80.0. The van der Waals surface area contributed by atoms with Crippen LogP contribution in [0.5, 0.6) is 0 Å². The first kappa shape index (κ1) is 14.2. The fourth-order valence-electron chi connectivity index (χ4n) is 0.646. The van der Waals surface area contributed by atoms with Crippen LogP contribution < -0.4 is 5.73 Å². The van der Waals surface area contributed by atoms with Gasteiger partial charge in [0.25, 0.3) is 0 Å². The number of aromatic nitrogens is 3. The zero-order valence-corrected chi connectivity index (χ0v) is 13.7. The van der Waals surface area contributed by atoms with E-state index >= 15 is 0 Å². The molecule has 0 amide bonds. The maximum absolute atomic E-state index is 5.63. The van der Waals surface area contributed by atoms with Crippen molar-refractivity contribution in [3.05, 3.63) is 11.6 Å². The summed E-state index contributed by atoms with van der Waals surface area (Å²) in [5, 5.41) is 0. The van der Waals surface area contributed by atoms with Crippen LogP contribution >= 0.6 is 82.6 Å². The molecule has 1 heterocycles. The summed E-state index contributed by atoms with van der Waals surface area (Å²) in [5.41, 5.74) is 5.45. The van der Waals surface area contributed by atoms with Gasteiger partial charge < -0.3 is 5.73 Å². The first-order valence-electron chi connectivity index (χ1n) is 3.26. The number of hydrogen-bond acceptors (Lipinski definition) is 4. The van der Waals surface area contributed by atoms with Crippen LogP contribution in [-0.4, -0.2) is 15.0 Å². The third kappa shape index (κ3) is 4.12. The maximum atomic E-state index is 5.63. The van der Waals surface area contributed by atoms with Gasteiger partial charge in [-0.1, -0.05) is 82.6 Å². The lowest BCUT2D eigenvalue weighted by molar-refractivity contribution is 0.874. The van der Waals surface area contributed by atoms with Crippen molar-refractivity contribution in [3.63, 3.8) is 0 Å². The molecule has 0 fully saturated rings. The lowest BCUT2D eigenvalue weighted by Crippen LogP contribution is -2.16. The van der Waals surface area contributed by atoms with Gasteiger partial charge in [0.15, 0.2) is 13.8 Å². The average molecular weight is 464 g/mol. The van der Waals surface area contributed by atoms with Gasteiger partial charge in [-0.15, -0.1) is 0 Å². The number of rotatable bonds is 0. The quantitative estimate of drug-likeness (QED) is 0.597. The van der Waals surface area contributed by atoms with Crippen LogP contribution in [-0.2, 0) is 5.94 Å². The third-order valence-corrected chi connectivity index (χ3v) is 2.73. The number of halogens is 6. The summed E-state index contributed by atoms with van der Waals surface area (Å²) in [6, 6.07) is 0. The predicted molar refractivity (Wildman–Crippen MR) is 71.9 cm³/mol. The molecular weight excluding hydrogens is 462 g/mol. The molecule has 0 spiro atoms. The minimum Gasteiger partial charge on any atom is -0.368 e. The van der Waals surface area contributed by atoms with Crippen LogP contribution in [0.3, 0.4) is 0 Å². The van der Waals surface area contributed by atoms with Crippen LogP contribution in [0.4, 0.5) is 5.95 Å². The van der Waals surface area contributed by atoms with Crippen LogP contribution in [0.2, 0.25) is 0 Å². The lowest BCUT2D eigenvalue weighted by atomic mass is 10.6. The SMILES string of the molecule is Nc1nc(C(Cl)(Cl)Cl)nc(C(Br)(Br)Br)n1. The Hall–Kier alpha value is 1.12. The predicted octanol–water partition coefficient (Wildman–Crippen LogP) is 3.58. The molecule has 0 saturated carbocycles. The second kappa shape index (κ2) is 4.78. The van der Waals surface area contributed by atoms with Crippen LogP contribution in [0, 0.1) is 0 Å². The van der Waals surface area contributed by atoms with Crippen LogP contribution in [0.15, 0.2) is 0 Å². The van der Waals surface area contributed by atoms with Crippen molar-refractivity contribution in [3.8, 4) is 0 Å². The molecule has 0 aliphatic rings. The molecule has 84 valence electrons. The summed E-state index contributed by atoms with van der Waals surface area (Å²) in [6.07, 6.45) is 0. The summed E-state index contributed by atoms with van der Waals surface area (Å²) in [5.74, 6) is 0.165. The molecule has 1 aromatic heterocycles. The number of nitrogen functional groups attached to an aromatic ring is 1. The van der Waals surface area contributed by atoms with E-state index in [9.17, 15) is 0 Å². The molecular formula is C5H2Br3Cl3N4. The molecule has 0 unspecified atom stereocenters. The monoisotopic (exact) mass is 460 g/mol. The van der Waals surface area contributed by atoms with Crippen molar-refractivity contribution >= 4 is 88.5 Å². The van der Waals surface area contributed by atoms with Crippen molar-refractivity contribution in [2.24, 2.45) is 0 Å². The van der Waals surface area contributed by atoms with Gasteiger partial charge in [-0.05, 0) is 0 Å². The Labute approximate surface area is 126 Å². The van der Waals surface area contributed by atoms with Crippen molar-refractivity contribution in [2.75, 3.05) is 5.73 Å². The molecule has 10 heteroatoms. The van der Waals surface area contributed by atoms with Gasteiger partial charge in [0.2, 0.25) is 9.74 Å². The molecule has 0 radical (unpaired) electrons. The largest absolute Gasteiger partial charge is 0.368 e. The Kier molecular flexibility index (Phi) is 4.52. The van der Waals surface area contributed by atoms with E-state index in [-0.39, 0.29) is 17.6 Å². The van der Waals surface area contributed by atoms with Crippen molar-refractivity contribution in [1.82, 2.24) is 15.0 Å². The number of nitrogens with zero attached hydrogens (tertiary/aromatic N) is 3. The van der Waals surface area contributed by atoms with Gasteiger partial charge in [0.1, 0.15) is 0 Å². The van der Waals surface area contributed by atoms with Gasteiger partial charge in [-0.25, -0.2) is 4.98 Å². The van der Waals surface area contributed by atoms with Crippen LogP contribution in [0.25, 0.3) is 0 Å². The van der Waals surface area contributed by atoms with E-state index in [0.717, 1.165) is 0 Å². The van der Waals surface area contributed by atoms with Crippen molar-refractivity contribution in [2.45, 2.75) is 5.94 Å². The fourth-order valence-corrected chi connectivity index (χ4v) is 1.43. The summed E-state index contributed by atoms with van der Waals surface area (Å²) < 4.78 is -2.58. The average Bonchev–Trinajstić information content (AvgIpc) is 1.99. The summed E-state index contributed by atoms with van der Waals surface area (Å²) >= 11 is 26.5.